The number of carbonyl (C=O) groups excluding carboxylic acids is 1. The first-order valence-electron chi connectivity index (χ1n) is 6.64. The van der Waals surface area contributed by atoms with E-state index in [-0.39, 0.29) is 17.4 Å². The Hall–Kier alpha value is -2.34. The molecule has 0 spiro atoms. The summed E-state index contributed by atoms with van der Waals surface area (Å²) in [6.45, 7) is 1.85. The van der Waals surface area contributed by atoms with Crippen LogP contribution in [0.25, 0.3) is 0 Å². The standard InChI is InChI=1S/C16H17NO4S/c1-12-3-7-14(8-4-12)21-11-16(18)17-13-5-9-15(10-6-13)22(2,19)20/h3-10H,11H2,1-2H3,(H,17,18). The quantitative estimate of drug-likeness (QED) is 0.918. The number of carbonyl (C=O) groups is 1. The number of hydrogen-bond acceptors (Lipinski definition) is 4. The van der Waals surface area contributed by atoms with Crippen molar-refractivity contribution in [2.45, 2.75) is 11.8 Å². The molecule has 0 unspecified atom stereocenters. The van der Waals surface area contributed by atoms with E-state index in [4.69, 9.17) is 4.74 Å². The van der Waals surface area contributed by atoms with E-state index in [0.717, 1.165) is 11.8 Å². The van der Waals surface area contributed by atoms with Crippen molar-refractivity contribution in [1.82, 2.24) is 0 Å². The van der Waals surface area contributed by atoms with Gasteiger partial charge in [-0.15, -0.1) is 0 Å². The topological polar surface area (TPSA) is 72.5 Å². The summed E-state index contributed by atoms with van der Waals surface area (Å²) in [4.78, 5) is 12.0. The fraction of sp³-hybridized carbons (Fsp3) is 0.188. The van der Waals surface area contributed by atoms with E-state index in [9.17, 15) is 13.2 Å². The number of rotatable bonds is 5. The maximum atomic E-state index is 11.8. The molecule has 0 bridgehead atoms. The average Bonchev–Trinajstić information content (AvgIpc) is 2.46. The largest absolute Gasteiger partial charge is 0.484 e. The Bertz CT molecular complexity index is 750. The summed E-state index contributed by atoms with van der Waals surface area (Å²) in [7, 11) is -3.24. The molecule has 0 radical (unpaired) electrons. The van der Waals surface area contributed by atoms with Gasteiger partial charge < -0.3 is 10.1 Å². The maximum absolute atomic E-state index is 11.8. The number of hydrogen-bond donors (Lipinski definition) is 1. The highest BCUT2D eigenvalue weighted by molar-refractivity contribution is 7.90. The Kier molecular flexibility index (Phi) is 4.82. The van der Waals surface area contributed by atoms with Crippen molar-refractivity contribution in [3.05, 3.63) is 54.1 Å². The van der Waals surface area contributed by atoms with Gasteiger partial charge in [-0.2, -0.15) is 0 Å². The normalized spacial score (nSPS) is 11.0. The lowest BCUT2D eigenvalue weighted by molar-refractivity contribution is -0.118. The van der Waals surface area contributed by atoms with Crippen molar-refractivity contribution in [2.24, 2.45) is 0 Å². The van der Waals surface area contributed by atoms with E-state index in [1.165, 1.54) is 12.1 Å². The highest BCUT2D eigenvalue weighted by atomic mass is 32.2. The SMILES string of the molecule is Cc1ccc(OCC(=O)Nc2ccc(S(C)(=O)=O)cc2)cc1. The second kappa shape index (κ2) is 6.62. The second-order valence-corrected chi connectivity index (χ2v) is 6.96. The molecule has 1 N–H and O–H groups in total. The van der Waals surface area contributed by atoms with E-state index in [0.29, 0.717) is 11.4 Å². The van der Waals surface area contributed by atoms with Crippen molar-refractivity contribution < 1.29 is 17.9 Å². The van der Waals surface area contributed by atoms with Gasteiger partial charge in [0.15, 0.2) is 16.4 Å². The number of benzene rings is 2. The Balaban J connectivity index is 1.90. The molecule has 5 nitrogen and oxygen atoms in total. The number of anilines is 1. The minimum absolute atomic E-state index is 0.114. The molecule has 0 aromatic heterocycles. The minimum atomic E-state index is -3.24. The first-order chi connectivity index (χ1) is 10.3. The molecule has 0 aliphatic carbocycles. The summed E-state index contributed by atoms with van der Waals surface area (Å²) in [5, 5.41) is 2.64. The molecule has 1 amide bonds. The van der Waals surface area contributed by atoms with Crippen molar-refractivity contribution in [3.63, 3.8) is 0 Å². The number of amides is 1. The van der Waals surface area contributed by atoms with Crippen molar-refractivity contribution in [2.75, 3.05) is 18.2 Å². The van der Waals surface area contributed by atoms with Crippen LogP contribution in [0.5, 0.6) is 5.75 Å². The summed E-state index contributed by atoms with van der Waals surface area (Å²) in [6.07, 6.45) is 1.13. The summed E-state index contributed by atoms with van der Waals surface area (Å²) in [5.74, 6) is 0.306. The molecule has 0 aliphatic rings. The van der Waals surface area contributed by atoms with Gasteiger partial charge >= 0.3 is 0 Å². The number of aryl methyl sites for hydroxylation is 1. The molecule has 116 valence electrons. The van der Waals surface area contributed by atoms with E-state index >= 15 is 0 Å². The highest BCUT2D eigenvalue weighted by Crippen LogP contribution is 2.14. The summed E-state index contributed by atoms with van der Waals surface area (Å²) < 4.78 is 28.0. The van der Waals surface area contributed by atoms with Gasteiger partial charge in [0.05, 0.1) is 4.90 Å². The minimum Gasteiger partial charge on any atom is -0.484 e. The molecular formula is C16H17NO4S. The van der Waals surface area contributed by atoms with Crippen LogP contribution < -0.4 is 10.1 Å². The van der Waals surface area contributed by atoms with Crippen LogP contribution in [0.15, 0.2) is 53.4 Å². The van der Waals surface area contributed by atoms with Crippen LogP contribution in [0, 0.1) is 6.92 Å². The molecule has 0 heterocycles. The highest BCUT2D eigenvalue weighted by Gasteiger charge is 2.08. The average molecular weight is 319 g/mol. The lowest BCUT2D eigenvalue weighted by Gasteiger charge is -2.08. The maximum Gasteiger partial charge on any atom is 0.262 e. The second-order valence-electron chi connectivity index (χ2n) is 4.95. The predicted octanol–water partition coefficient (Wildman–Crippen LogP) is 2.42. The van der Waals surface area contributed by atoms with Gasteiger partial charge in [-0.05, 0) is 43.3 Å². The van der Waals surface area contributed by atoms with Crippen LogP contribution in [-0.4, -0.2) is 27.2 Å². The Labute approximate surface area is 129 Å². The first kappa shape index (κ1) is 16.0. The molecule has 6 heteroatoms. The van der Waals surface area contributed by atoms with Gasteiger partial charge in [0, 0.05) is 11.9 Å². The van der Waals surface area contributed by atoms with E-state index < -0.39 is 9.84 Å². The van der Waals surface area contributed by atoms with Crippen LogP contribution in [0.4, 0.5) is 5.69 Å². The Morgan fingerprint density at radius 3 is 2.18 bits per heavy atom. The lowest BCUT2D eigenvalue weighted by atomic mass is 10.2. The smallest absolute Gasteiger partial charge is 0.262 e. The fourth-order valence-electron chi connectivity index (χ4n) is 1.77. The van der Waals surface area contributed by atoms with Crippen LogP contribution in [0.2, 0.25) is 0 Å². The molecule has 0 aliphatic heterocycles. The summed E-state index contributed by atoms with van der Waals surface area (Å²) in [6, 6.07) is 13.4. The van der Waals surface area contributed by atoms with Crippen LogP contribution in [-0.2, 0) is 14.6 Å². The third kappa shape index (κ3) is 4.60. The van der Waals surface area contributed by atoms with Gasteiger partial charge in [-0.1, -0.05) is 17.7 Å². The molecule has 22 heavy (non-hydrogen) atoms. The molecule has 0 atom stereocenters. The zero-order valence-corrected chi connectivity index (χ0v) is 13.2. The molecule has 0 saturated heterocycles. The van der Waals surface area contributed by atoms with Gasteiger partial charge in [0.1, 0.15) is 5.75 Å². The number of nitrogens with one attached hydrogen (secondary N) is 1. The molecule has 2 aromatic rings. The Morgan fingerprint density at radius 1 is 1.05 bits per heavy atom. The first-order valence-corrected chi connectivity index (χ1v) is 8.53. The third-order valence-corrected chi connectivity index (χ3v) is 4.09. The van der Waals surface area contributed by atoms with Crippen LogP contribution >= 0.6 is 0 Å². The van der Waals surface area contributed by atoms with E-state index in [1.807, 2.05) is 19.1 Å². The predicted molar refractivity (Wildman–Crippen MR) is 84.9 cm³/mol. The van der Waals surface area contributed by atoms with Crippen molar-refractivity contribution in [3.8, 4) is 5.75 Å². The molecule has 2 rings (SSSR count). The van der Waals surface area contributed by atoms with Crippen LogP contribution in [0.3, 0.4) is 0 Å². The van der Waals surface area contributed by atoms with E-state index in [1.54, 1.807) is 24.3 Å². The molecule has 2 aromatic carbocycles. The monoisotopic (exact) mass is 319 g/mol. The van der Waals surface area contributed by atoms with E-state index in [2.05, 4.69) is 5.32 Å². The van der Waals surface area contributed by atoms with Gasteiger partial charge in [0.2, 0.25) is 0 Å². The van der Waals surface area contributed by atoms with Crippen LogP contribution in [0.1, 0.15) is 5.56 Å². The van der Waals surface area contributed by atoms with Gasteiger partial charge in [-0.3, -0.25) is 4.79 Å². The molecule has 0 fully saturated rings. The zero-order chi connectivity index (χ0) is 16.2. The van der Waals surface area contributed by atoms with Gasteiger partial charge in [-0.25, -0.2) is 8.42 Å². The fourth-order valence-corrected chi connectivity index (χ4v) is 2.40. The summed E-state index contributed by atoms with van der Waals surface area (Å²) in [5.41, 5.74) is 1.63. The lowest BCUT2D eigenvalue weighted by Crippen LogP contribution is -2.20. The molecule has 0 saturated carbocycles. The molecular weight excluding hydrogens is 302 g/mol. The van der Waals surface area contributed by atoms with Crippen molar-refractivity contribution in [1.29, 1.82) is 0 Å². The third-order valence-electron chi connectivity index (χ3n) is 2.96. The number of ether oxygens (including phenoxy) is 1. The zero-order valence-electron chi connectivity index (χ0n) is 12.4. The summed E-state index contributed by atoms with van der Waals surface area (Å²) >= 11 is 0. The van der Waals surface area contributed by atoms with Gasteiger partial charge in [0.25, 0.3) is 5.91 Å². The number of sulfone groups is 1. The Morgan fingerprint density at radius 2 is 1.64 bits per heavy atom. The van der Waals surface area contributed by atoms with Crippen molar-refractivity contribution >= 4 is 21.4 Å².